The molecule has 5 nitrogen and oxygen atoms in total. The van der Waals surface area contributed by atoms with Crippen LogP contribution in [-0.2, 0) is 16.4 Å². The van der Waals surface area contributed by atoms with Gasteiger partial charge in [0.25, 0.3) is 0 Å². The minimum atomic E-state index is -2.16. The first-order valence-electron chi connectivity index (χ1n) is 15.8. The SMILES string of the molecule is CC(C)(C)[Si](C)(C)ON(Oc1ccc2c3c1C[C@@H]1[C@@H]4CCC[C@H](O2)[C@]34CCN1CC1CC1)[Si](C)(C)C(C)(C)C. The van der Waals surface area contributed by atoms with Crippen LogP contribution in [0.2, 0.25) is 36.3 Å². The molecule has 1 aromatic rings. The van der Waals surface area contributed by atoms with Crippen LogP contribution in [0.15, 0.2) is 12.1 Å². The maximum atomic E-state index is 7.11. The van der Waals surface area contributed by atoms with E-state index in [9.17, 15) is 0 Å². The van der Waals surface area contributed by atoms with Crippen molar-refractivity contribution >= 4 is 16.6 Å². The molecule has 2 saturated carbocycles. The molecule has 0 amide bonds. The molecule has 39 heavy (non-hydrogen) atoms. The number of rotatable bonds is 7. The number of benzene rings is 1. The summed E-state index contributed by atoms with van der Waals surface area (Å²) in [6.07, 6.45) is 9.35. The van der Waals surface area contributed by atoms with Crippen molar-refractivity contribution in [3.63, 3.8) is 0 Å². The monoisotopic (exact) mass is 570 g/mol. The van der Waals surface area contributed by atoms with E-state index in [0.717, 1.165) is 23.8 Å². The van der Waals surface area contributed by atoms with Gasteiger partial charge in [0, 0.05) is 29.1 Å². The van der Waals surface area contributed by atoms with Crippen LogP contribution in [0.4, 0.5) is 0 Å². The van der Waals surface area contributed by atoms with Crippen molar-refractivity contribution < 1.29 is 14.1 Å². The highest BCUT2D eigenvalue weighted by Crippen LogP contribution is 2.63. The third-order valence-electron chi connectivity index (χ3n) is 12.1. The predicted octanol–water partition coefficient (Wildman–Crippen LogP) is 8.06. The van der Waals surface area contributed by atoms with Gasteiger partial charge in [-0.1, -0.05) is 59.5 Å². The third kappa shape index (κ3) is 4.39. The molecule has 0 radical (unpaired) electrons. The van der Waals surface area contributed by atoms with Gasteiger partial charge in [-0.3, -0.25) is 4.90 Å². The van der Waals surface area contributed by atoms with Gasteiger partial charge in [0.2, 0.25) is 16.6 Å². The van der Waals surface area contributed by atoms with E-state index in [1.165, 1.54) is 62.7 Å². The van der Waals surface area contributed by atoms with Crippen molar-refractivity contribution in [3.8, 4) is 11.5 Å². The van der Waals surface area contributed by atoms with Crippen LogP contribution in [0.3, 0.4) is 0 Å². The summed E-state index contributed by atoms with van der Waals surface area (Å²) in [5.41, 5.74) is 3.11. The molecule has 4 atom stereocenters. The van der Waals surface area contributed by atoms with Crippen LogP contribution in [0.5, 0.6) is 11.5 Å². The first-order valence-corrected chi connectivity index (χ1v) is 21.7. The molecular weight excluding hydrogens is 517 g/mol. The minimum Gasteiger partial charge on any atom is -0.489 e. The second-order valence-electron chi connectivity index (χ2n) is 16.6. The predicted molar refractivity (Wildman–Crippen MR) is 164 cm³/mol. The van der Waals surface area contributed by atoms with E-state index in [-0.39, 0.29) is 15.5 Å². The van der Waals surface area contributed by atoms with Gasteiger partial charge in [0.05, 0.1) is 0 Å². The lowest BCUT2D eigenvalue weighted by atomic mass is 9.52. The van der Waals surface area contributed by atoms with Gasteiger partial charge in [-0.15, -0.1) is 0 Å². The molecule has 6 rings (SSSR count). The molecule has 3 fully saturated rings. The zero-order valence-electron chi connectivity index (χ0n) is 26.4. The third-order valence-corrected chi connectivity index (χ3v) is 21.3. The van der Waals surface area contributed by atoms with E-state index >= 15 is 0 Å². The molecule has 3 aliphatic carbocycles. The Morgan fingerprint density at radius 3 is 2.36 bits per heavy atom. The van der Waals surface area contributed by atoms with Crippen molar-refractivity contribution in [1.82, 2.24) is 9.79 Å². The molecule has 0 unspecified atom stereocenters. The summed E-state index contributed by atoms with van der Waals surface area (Å²) in [5.74, 6) is 3.80. The van der Waals surface area contributed by atoms with Crippen LogP contribution in [0.1, 0.15) is 91.2 Å². The molecule has 2 aliphatic heterocycles. The average Bonchev–Trinajstić information content (AvgIpc) is 3.58. The number of hydrogen-bond acceptors (Lipinski definition) is 5. The minimum absolute atomic E-state index is 0.0856. The van der Waals surface area contributed by atoms with Crippen LogP contribution < -0.4 is 9.57 Å². The lowest BCUT2D eigenvalue weighted by Crippen LogP contribution is -2.64. The topological polar surface area (TPSA) is 34.2 Å². The quantitative estimate of drug-likeness (QED) is 0.245. The summed E-state index contributed by atoms with van der Waals surface area (Å²) in [6.45, 7) is 26.0. The van der Waals surface area contributed by atoms with E-state index in [2.05, 4.69) is 89.7 Å². The fraction of sp³-hybridized carbons (Fsp3) is 0.812. The van der Waals surface area contributed by atoms with E-state index < -0.39 is 16.6 Å². The van der Waals surface area contributed by atoms with Crippen LogP contribution in [0.25, 0.3) is 0 Å². The Kier molecular flexibility index (Phi) is 6.57. The smallest absolute Gasteiger partial charge is 0.223 e. The van der Waals surface area contributed by atoms with Gasteiger partial charge < -0.3 is 14.1 Å². The second-order valence-corrected chi connectivity index (χ2v) is 26.3. The number of ether oxygens (including phenoxy) is 1. The molecule has 0 aromatic heterocycles. The van der Waals surface area contributed by atoms with Crippen molar-refractivity contribution in [2.45, 2.75) is 140 Å². The number of nitrogens with zero attached hydrogens (tertiary/aromatic N) is 2. The highest BCUT2D eigenvalue weighted by molar-refractivity contribution is 6.79. The zero-order chi connectivity index (χ0) is 28.2. The maximum Gasteiger partial charge on any atom is 0.223 e. The van der Waals surface area contributed by atoms with Gasteiger partial charge in [0.15, 0.2) is 5.75 Å². The lowest BCUT2D eigenvalue weighted by molar-refractivity contribution is -0.203. The Bertz CT molecular complexity index is 1120. The van der Waals surface area contributed by atoms with Crippen molar-refractivity contribution in [2.75, 3.05) is 13.1 Å². The zero-order valence-corrected chi connectivity index (χ0v) is 28.4. The van der Waals surface area contributed by atoms with E-state index in [0.29, 0.717) is 18.1 Å². The molecule has 2 bridgehead atoms. The van der Waals surface area contributed by atoms with Gasteiger partial charge in [-0.25, -0.2) is 0 Å². The van der Waals surface area contributed by atoms with E-state index in [4.69, 9.17) is 14.1 Å². The van der Waals surface area contributed by atoms with E-state index in [1.807, 2.05) is 0 Å². The Hall–Kier alpha value is -0.866. The molecule has 2 heterocycles. The average molecular weight is 571 g/mol. The molecule has 1 spiro atoms. The number of hydrogen-bond donors (Lipinski definition) is 0. The summed E-state index contributed by atoms with van der Waals surface area (Å²) in [7, 11) is -4.28. The molecule has 7 heteroatoms. The number of piperidine rings is 1. The van der Waals surface area contributed by atoms with Crippen molar-refractivity contribution in [3.05, 3.63) is 23.3 Å². The van der Waals surface area contributed by atoms with Crippen LogP contribution in [-0.4, -0.2) is 51.6 Å². The largest absolute Gasteiger partial charge is 0.489 e. The Morgan fingerprint density at radius 1 is 1.00 bits per heavy atom. The summed E-state index contributed by atoms with van der Waals surface area (Å²) >= 11 is 0. The summed E-state index contributed by atoms with van der Waals surface area (Å²) in [6, 6.07) is 5.04. The summed E-state index contributed by atoms with van der Waals surface area (Å²) in [4.78, 5) is 12.0. The summed E-state index contributed by atoms with van der Waals surface area (Å²) in [5, 5.41) is 0.182. The Morgan fingerprint density at radius 2 is 1.72 bits per heavy atom. The lowest BCUT2D eigenvalue weighted by Gasteiger charge is -2.58. The standard InChI is InChI=1S/C32H54N2O3Si2/c1-30(2,3)38(7,8)34(37-39(9,10)31(4,5)6)36-26-16-17-27-29-23(26)20-25-24-12-11-13-28(35-27)32(24,29)18-19-33(25)21-22-14-15-22/h16-17,22,24-25,28H,11-15,18-21H2,1-10H3/t24-,25+,28-,32+/m0/s1. The molecule has 218 valence electrons. The fourth-order valence-corrected chi connectivity index (χ4v) is 10.7. The molecular formula is C32H54N2O3Si2. The Labute approximate surface area is 240 Å². The first kappa shape index (κ1) is 28.3. The van der Waals surface area contributed by atoms with Gasteiger partial charge in [0.1, 0.15) is 11.9 Å². The van der Waals surface area contributed by atoms with Gasteiger partial charge in [-0.2, -0.15) is 0 Å². The number of likely N-dealkylation sites (tertiary alicyclic amines) is 1. The highest BCUT2D eigenvalue weighted by Gasteiger charge is 2.63. The Balaban J connectivity index is 1.42. The van der Waals surface area contributed by atoms with E-state index in [1.54, 1.807) is 0 Å². The normalized spacial score (nSPS) is 30.8. The second kappa shape index (κ2) is 9.06. The van der Waals surface area contributed by atoms with Crippen LogP contribution in [0, 0.1) is 11.8 Å². The van der Waals surface area contributed by atoms with Gasteiger partial charge >= 0.3 is 0 Å². The molecule has 1 saturated heterocycles. The fourth-order valence-electron chi connectivity index (χ4n) is 7.49. The van der Waals surface area contributed by atoms with Gasteiger partial charge in [-0.05, 0) is 98.6 Å². The van der Waals surface area contributed by atoms with Crippen molar-refractivity contribution in [1.29, 1.82) is 0 Å². The maximum absolute atomic E-state index is 7.11. The first-order chi connectivity index (χ1) is 18.1. The summed E-state index contributed by atoms with van der Waals surface area (Å²) < 4.78 is 13.9. The van der Waals surface area contributed by atoms with Crippen molar-refractivity contribution in [2.24, 2.45) is 11.8 Å². The highest BCUT2D eigenvalue weighted by atomic mass is 28.4. The molecule has 0 N–H and O–H groups in total. The van der Waals surface area contributed by atoms with Crippen LogP contribution >= 0.6 is 0 Å². The molecule has 1 aromatic carbocycles. The molecule has 5 aliphatic rings.